The number of nitrogens with zero attached hydrogens (tertiary/aromatic N) is 3. The van der Waals surface area contributed by atoms with E-state index in [1.807, 2.05) is 55.1 Å². The minimum atomic E-state index is -0.329. The molecule has 0 aliphatic rings. The molecular formula is C34H21F2N3OS. The van der Waals surface area contributed by atoms with E-state index in [4.69, 9.17) is 16.3 Å². The van der Waals surface area contributed by atoms with Crippen molar-refractivity contribution >= 4 is 54.8 Å². The normalized spacial score (nSPS) is 11.5. The second-order valence-electron chi connectivity index (χ2n) is 9.65. The van der Waals surface area contributed by atoms with Crippen molar-refractivity contribution in [1.82, 2.24) is 0 Å². The Balaban J connectivity index is 1.41. The Morgan fingerprint density at radius 2 is 1.49 bits per heavy atom. The van der Waals surface area contributed by atoms with Crippen molar-refractivity contribution in [1.29, 1.82) is 5.26 Å². The fourth-order valence-electron chi connectivity index (χ4n) is 4.94. The third-order valence-corrected chi connectivity index (χ3v) is 8.04. The SMILES string of the molecule is [C-]#[N+]/C(C#N)=C\c1cc(C)c(-c2cc3sc4cc(N(c5ccc(F)cc5)c5ccc(F)cc5)ccc4c3o2)cc1C. The molecule has 41 heavy (non-hydrogen) atoms. The molecule has 2 aromatic heterocycles. The number of aryl methyl sites for hydroxylation is 2. The number of hydrogen-bond acceptors (Lipinski definition) is 4. The standard InChI is InChI=1S/C34H21F2N3OS/c1-20-15-30(21(2)14-22(20)16-25(19-37)38-3)31-18-33-34(40-31)29-13-12-28(17-32(29)41-33)39(26-8-4-23(35)5-9-26)27-10-6-24(36)7-11-27/h4-18H,1-2H3/b25-16-. The number of benzene rings is 4. The van der Waals surface area contributed by atoms with Crippen molar-refractivity contribution in [2.24, 2.45) is 0 Å². The monoisotopic (exact) mass is 557 g/mol. The van der Waals surface area contributed by atoms with E-state index < -0.39 is 0 Å². The van der Waals surface area contributed by atoms with Gasteiger partial charge in [-0.2, -0.15) is 0 Å². The van der Waals surface area contributed by atoms with Crippen LogP contribution in [-0.4, -0.2) is 0 Å². The van der Waals surface area contributed by atoms with Gasteiger partial charge in [0.1, 0.15) is 17.4 Å². The van der Waals surface area contributed by atoms with Gasteiger partial charge in [-0.05, 0) is 109 Å². The second-order valence-corrected chi connectivity index (χ2v) is 10.7. The summed E-state index contributed by atoms with van der Waals surface area (Å²) < 4.78 is 35.8. The van der Waals surface area contributed by atoms with Crippen molar-refractivity contribution in [2.45, 2.75) is 13.8 Å². The molecule has 6 rings (SSSR count). The number of thiophene rings is 1. The minimum Gasteiger partial charge on any atom is -0.454 e. The smallest absolute Gasteiger partial charge is 0.262 e. The van der Waals surface area contributed by atoms with Gasteiger partial charge in [-0.3, -0.25) is 0 Å². The third-order valence-electron chi connectivity index (χ3n) is 6.96. The number of rotatable bonds is 5. The topological polar surface area (TPSA) is 44.5 Å². The summed E-state index contributed by atoms with van der Waals surface area (Å²) in [6.45, 7) is 11.1. The van der Waals surface area contributed by atoms with Crippen LogP contribution >= 0.6 is 11.3 Å². The fraction of sp³-hybridized carbons (Fsp3) is 0.0588. The highest BCUT2D eigenvalue weighted by atomic mass is 32.1. The molecule has 0 spiro atoms. The number of halogens is 2. The van der Waals surface area contributed by atoms with Gasteiger partial charge in [-0.1, -0.05) is 6.07 Å². The molecule has 0 aliphatic heterocycles. The van der Waals surface area contributed by atoms with Gasteiger partial charge in [0.2, 0.25) is 0 Å². The lowest BCUT2D eigenvalue weighted by atomic mass is 9.98. The summed E-state index contributed by atoms with van der Waals surface area (Å²) in [5.41, 5.74) is 6.90. The zero-order chi connectivity index (χ0) is 28.7. The maximum atomic E-state index is 13.7. The molecule has 2 heterocycles. The highest BCUT2D eigenvalue weighted by molar-refractivity contribution is 7.25. The predicted octanol–water partition coefficient (Wildman–Crippen LogP) is 10.5. The van der Waals surface area contributed by atoms with Gasteiger partial charge in [0, 0.05) is 38.8 Å². The lowest BCUT2D eigenvalue weighted by Gasteiger charge is -2.25. The Kier molecular flexibility index (Phi) is 6.59. The molecule has 0 saturated carbocycles. The van der Waals surface area contributed by atoms with E-state index in [1.54, 1.807) is 41.7 Å². The van der Waals surface area contributed by atoms with Crippen LogP contribution in [0, 0.1) is 43.4 Å². The van der Waals surface area contributed by atoms with Gasteiger partial charge in [0.25, 0.3) is 5.70 Å². The van der Waals surface area contributed by atoms with Crippen molar-refractivity contribution in [3.05, 3.63) is 130 Å². The summed E-state index contributed by atoms with van der Waals surface area (Å²) >= 11 is 1.61. The van der Waals surface area contributed by atoms with Crippen LogP contribution in [0.25, 0.3) is 42.6 Å². The van der Waals surface area contributed by atoms with Crippen molar-refractivity contribution in [3.63, 3.8) is 0 Å². The van der Waals surface area contributed by atoms with Crippen LogP contribution in [0.2, 0.25) is 0 Å². The molecule has 0 N–H and O–H groups in total. The second kappa shape index (κ2) is 10.4. The number of fused-ring (bicyclic) bond motifs is 3. The van der Waals surface area contributed by atoms with Crippen LogP contribution < -0.4 is 4.90 Å². The zero-order valence-corrected chi connectivity index (χ0v) is 22.9. The Morgan fingerprint density at radius 3 is 2.10 bits per heavy atom. The van der Waals surface area contributed by atoms with Crippen LogP contribution in [-0.2, 0) is 0 Å². The van der Waals surface area contributed by atoms with Crippen LogP contribution in [0.1, 0.15) is 16.7 Å². The molecule has 4 nitrogen and oxygen atoms in total. The van der Waals surface area contributed by atoms with E-state index in [9.17, 15) is 8.78 Å². The fourth-order valence-corrected chi connectivity index (χ4v) is 6.03. The van der Waals surface area contributed by atoms with Crippen LogP contribution in [0.3, 0.4) is 0 Å². The van der Waals surface area contributed by atoms with Crippen molar-refractivity contribution < 1.29 is 13.2 Å². The molecule has 0 amide bonds. The Morgan fingerprint density at radius 1 is 0.854 bits per heavy atom. The molecule has 0 radical (unpaired) electrons. The maximum absolute atomic E-state index is 13.7. The number of hydrogen-bond donors (Lipinski definition) is 0. The highest BCUT2D eigenvalue weighted by Crippen LogP contribution is 2.43. The Labute approximate surface area is 239 Å². The number of anilines is 3. The number of nitriles is 1. The van der Waals surface area contributed by atoms with E-state index in [0.29, 0.717) is 0 Å². The van der Waals surface area contributed by atoms with Gasteiger partial charge in [-0.25, -0.2) is 18.9 Å². The van der Waals surface area contributed by atoms with Crippen LogP contribution in [0.4, 0.5) is 25.8 Å². The van der Waals surface area contributed by atoms with Gasteiger partial charge >= 0.3 is 0 Å². The molecular weight excluding hydrogens is 536 g/mol. The molecule has 0 unspecified atom stereocenters. The van der Waals surface area contributed by atoms with E-state index >= 15 is 0 Å². The molecule has 4 aromatic carbocycles. The maximum Gasteiger partial charge on any atom is 0.262 e. The van der Waals surface area contributed by atoms with E-state index in [-0.39, 0.29) is 17.3 Å². The lowest BCUT2D eigenvalue weighted by molar-refractivity contribution is 0.628. The van der Waals surface area contributed by atoms with Gasteiger partial charge in [-0.15, -0.1) is 11.3 Å². The summed E-state index contributed by atoms with van der Waals surface area (Å²) in [6, 6.07) is 26.4. The van der Waals surface area contributed by atoms with Crippen molar-refractivity contribution in [3.8, 4) is 17.4 Å². The summed E-state index contributed by atoms with van der Waals surface area (Å²) in [5.74, 6) is 0.0901. The molecule has 0 bridgehead atoms. The van der Waals surface area contributed by atoms with E-state index in [1.165, 1.54) is 24.3 Å². The molecule has 6 aromatic rings. The van der Waals surface area contributed by atoms with Gasteiger partial charge in [0.15, 0.2) is 5.58 Å². The van der Waals surface area contributed by atoms with Crippen LogP contribution in [0.15, 0.2) is 95.0 Å². The third kappa shape index (κ3) is 4.84. The summed E-state index contributed by atoms with van der Waals surface area (Å²) in [7, 11) is 0. The molecule has 0 atom stereocenters. The number of allylic oxidation sites excluding steroid dienone is 1. The summed E-state index contributed by atoms with van der Waals surface area (Å²) in [5, 5.41) is 10.1. The molecule has 0 saturated heterocycles. The summed E-state index contributed by atoms with van der Waals surface area (Å²) in [4.78, 5) is 5.22. The Hall–Kier alpha value is -5.24. The van der Waals surface area contributed by atoms with Crippen LogP contribution in [0.5, 0.6) is 0 Å². The van der Waals surface area contributed by atoms with Gasteiger partial charge in [0.05, 0.1) is 17.3 Å². The predicted molar refractivity (Wildman–Crippen MR) is 161 cm³/mol. The molecule has 198 valence electrons. The Bertz CT molecular complexity index is 2000. The first-order valence-electron chi connectivity index (χ1n) is 12.7. The first kappa shape index (κ1) is 26.0. The summed E-state index contributed by atoms with van der Waals surface area (Å²) in [6.07, 6.45) is 1.60. The minimum absolute atomic E-state index is 0.0435. The lowest BCUT2D eigenvalue weighted by Crippen LogP contribution is -2.09. The van der Waals surface area contributed by atoms with E-state index in [0.717, 1.165) is 65.4 Å². The average Bonchev–Trinajstić information content (AvgIpc) is 3.53. The molecule has 0 aliphatic carbocycles. The largest absolute Gasteiger partial charge is 0.454 e. The molecule has 7 heteroatoms. The highest BCUT2D eigenvalue weighted by Gasteiger charge is 2.18. The quantitative estimate of drug-likeness (QED) is 0.156. The van der Waals surface area contributed by atoms with Gasteiger partial charge < -0.3 is 9.32 Å². The molecule has 0 fully saturated rings. The van der Waals surface area contributed by atoms with Crippen molar-refractivity contribution in [2.75, 3.05) is 4.90 Å². The first-order valence-corrected chi connectivity index (χ1v) is 13.5. The number of furan rings is 1. The van der Waals surface area contributed by atoms with E-state index in [2.05, 4.69) is 10.9 Å². The zero-order valence-electron chi connectivity index (χ0n) is 22.1. The first-order chi connectivity index (χ1) is 19.8. The average molecular weight is 558 g/mol.